The summed E-state index contributed by atoms with van der Waals surface area (Å²) in [6.45, 7) is 0.262. The minimum Gasteiger partial charge on any atom is -0.454 e. The first-order valence-electron chi connectivity index (χ1n) is 11.0. The molecule has 0 unspecified atom stereocenters. The molecule has 0 aliphatic carbocycles. The maximum absolute atomic E-state index is 5.58. The summed E-state index contributed by atoms with van der Waals surface area (Å²) in [6, 6.07) is 31.1. The largest absolute Gasteiger partial charge is 0.454 e. The minimum absolute atomic E-state index is 0.262. The number of hydrogen-bond acceptors (Lipinski definition) is 3. The molecule has 1 aliphatic rings. The number of hydrogen-bond donors (Lipinski definition) is 0. The molecule has 0 fully saturated rings. The molecule has 0 spiro atoms. The second-order valence-electron chi connectivity index (χ2n) is 7.97. The van der Waals surface area contributed by atoms with Crippen LogP contribution < -0.4 is 9.47 Å². The summed E-state index contributed by atoms with van der Waals surface area (Å²) in [5, 5.41) is 3.56. The van der Waals surface area contributed by atoms with Gasteiger partial charge in [-0.1, -0.05) is 85.0 Å². The van der Waals surface area contributed by atoms with Gasteiger partial charge in [-0.15, -0.1) is 0 Å². The monoisotopic (exact) mass is 427 g/mol. The van der Waals surface area contributed by atoms with E-state index in [1.54, 1.807) is 0 Å². The maximum Gasteiger partial charge on any atom is 0.231 e. The van der Waals surface area contributed by atoms with E-state index in [2.05, 4.69) is 78.9 Å². The smallest absolute Gasteiger partial charge is 0.231 e. The Morgan fingerprint density at radius 2 is 1.52 bits per heavy atom. The van der Waals surface area contributed by atoms with E-state index < -0.39 is 0 Å². The Morgan fingerprint density at radius 3 is 2.45 bits per heavy atom. The Kier molecular flexibility index (Phi) is 4.85. The predicted octanol–water partition coefficient (Wildman–Crippen LogP) is 7.51. The highest BCUT2D eigenvalue weighted by atomic mass is 16.7. The van der Waals surface area contributed by atoms with Crippen molar-refractivity contribution in [2.75, 3.05) is 6.79 Å². The molecule has 0 bridgehead atoms. The summed E-state index contributed by atoms with van der Waals surface area (Å²) >= 11 is 0. The Hall–Kier alpha value is -4.37. The quantitative estimate of drug-likeness (QED) is 0.220. The van der Waals surface area contributed by atoms with Gasteiger partial charge in [-0.25, -0.2) is 4.98 Å². The summed E-state index contributed by atoms with van der Waals surface area (Å²) in [7, 11) is 0. The first-order valence-corrected chi connectivity index (χ1v) is 11.0. The molecule has 158 valence electrons. The molecule has 1 aromatic heterocycles. The highest BCUT2D eigenvalue weighted by Gasteiger charge is 2.15. The molecule has 0 saturated heterocycles. The predicted molar refractivity (Wildman–Crippen MR) is 135 cm³/mol. The molecule has 2 heterocycles. The Balaban J connectivity index is 1.49. The fraction of sp³-hybridized carbons (Fsp3) is 0.0333. The lowest BCUT2D eigenvalue weighted by molar-refractivity contribution is 0.174. The number of allylic oxidation sites excluding steroid dienone is 2. The first kappa shape index (κ1) is 19.3. The Bertz CT molecular complexity index is 1530. The molecule has 0 radical (unpaired) electrons. The third-order valence-corrected chi connectivity index (χ3v) is 5.87. The van der Waals surface area contributed by atoms with Crippen LogP contribution in [0.15, 0.2) is 103 Å². The zero-order valence-corrected chi connectivity index (χ0v) is 17.9. The van der Waals surface area contributed by atoms with Crippen LogP contribution in [0.25, 0.3) is 45.1 Å². The average Bonchev–Trinajstić information content (AvgIpc) is 3.35. The van der Waals surface area contributed by atoms with Crippen molar-refractivity contribution in [3.8, 4) is 22.8 Å². The van der Waals surface area contributed by atoms with Gasteiger partial charge in [0, 0.05) is 10.9 Å². The zero-order chi connectivity index (χ0) is 22.0. The summed E-state index contributed by atoms with van der Waals surface area (Å²) < 4.78 is 11.1. The molecule has 4 aromatic carbocycles. The Morgan fingerprint density at radius 1 is 0.697 bits per heavy atom. The fourth-order valence-corrected chi connectivity index (χ4v) is 4.26. The molecule has 6 rings (SSSR count). The van der Waals surface area contributed by atoms with Gasteiger partial charge >= 0.3 is 0 Å². The highest BCUT2D eigenvalue weighted by Crippen LogP contribution is 2.37. The van der Waals surface area contributed by atoms with Crippen molar-refractivity contribution in [1.82, 2.24) is 4.98 Å². The molecule has 0 N–H and O–H groups in total. The molecular weight excluding hydrogens is 406 g/mol. The van der Waals surface area contributed by atoms with Crippen molar-refractivity contribution < 1.29 is 9.47 Å². The van der Waals surface area contributed by atoms with E-state index in [4.69, 9.17) is 14.5 Å². The van der Waals surface area contributed by atoms with Crippen molar-refractivity contribution >= 4 is 33.8 Å². The summed E-state index contributed by atoms with van der Waals surface area (Å²) in [5.41, 5.74) is 5.18. The maximum atomic E-state index is 5.58. The molecule has 0 amide bonds. The van der Waals surface area contributed by atoms with E-state index in [1.807, 2.05) is 36.4 Å². The lowest BCUT2D eigenvalue weighted by Gasteiger charge is -2.11. The van der Waals surface area contributed by atoms with Gasteiger partial charge in [0.05, 0.1) is 11.2 Å². The molecule has 1 aliphatic heterocycles. The second kappa shape index (κ2) is 8.29. The molecular formula is C30H21NO2. The summed E-state index contributed by atoms with van der Waals surface area (Å²) in [4.78, 5) is 5.01. The van der Waals surface area contributed by atoms with Crippen molar-refractivity contribution in [3.63, 3.8) is 0 Å². The minimum atomic E-state index is 0.262. The lowest BCUT2D eigenvalue weighted by Crippen LogP contribution is -1.93. The molecule has 0 atom stereocenters. The van der Waals surface area contributed by atoms with Crippen LogP contribution in [0.5, 0.6) is 11.5 Å². The van der Waals surface area contributed by atoms with Crippen molar-refractivity contribution in [2.24, 2.45) is 0 Å². The van der Waals surface area contributed by atoms with Gasteiger partial charge in [0.2, 0.25) is 6.79 Å². The third kappa shape index (κ3) is 3.74. The van der Waals surface area contributed by atoms with Gasteiger partial charge in [-0.2, -0.15) is 0 Å². The van der Waals surface area contributed by atoms with Gasteiger partial charge in [0.25, 0.3) is 0 Å². The standard InChI is InChI=1S/C30H21NO2/c1-2-8-21(9-3-1)10-4-5-12-24-18-27(23-15-17-28-29(19-23)33-20-32-28)31-26-16-14-22-11-6-7-13-25(22)30(24)26/h1-19H,20H2/b10-4+,12-5+. The van der Waals surface area contributed by atoms with Gasteiger partial charge < -0.3 is 9.47 Å². The van der Waals surface area contributed by atoms with Crippen LogP contribution in [-0.2, 0) is 0 Å². The van der Waals surface area contributed by atoms with Crippen LogP contribution >= 0.6 is 0 Å². The first-order chi connectivity index (χ1) is 16.3. The van der Waals surface area contributed by atoms with Crippen molar-refractivity contribution in [3.05, 3.63) is 114 Å². The number of pyridine rings is 1. The normalized spacial score (nSPS) is 13.0. The number of fused-ring (bicyclic) bond motifs is 4. The average molecular weight is 428 g/mol. The number of ether oxygens (including phenoxy) is 2. The summed E-state index contributed by atoms with van der Waals surface area (Å²) in [6.07, 6.45) is 8.43. The third-order valence-electron chi connectivity index (χ3n) is 5.87. The number of aromatic nitrogens is 1. The van der Waals surface area contributed by atoms with Crippen LogP contribution in [-0.4, -0.2) is 11.8 Å². The van der Waals surface area contributed by atoms with Crippen LogP contribution in [0, 0.1) is 0 Å². The van der Waals surface area contributed by atoms with E-state index in [0.29, 0.717) is 0 Å². The van der Waals surface area contributed by atoms with Crippen molar-refractivity contribution in [2.45, 2.75) is 0 Å². The zero-order valence-electron chi connectivity index (χ0n) is 17.9. The number of benzene rings is 4. The van der Waals surface area contributed by atoms with E-state index in [-0.39, 0.29) is 6.79 Å². The molecule has 0 saturated carbocycles. The van der Waals surface area contributed by atoms with Gasteiger partial charge in [0.1, 0.15) is 0 Å². The van der Waals surface area contributed by atoms with E-state index in [0.717, 1.165) is 39.2 Å². The molecule has 33 heavy (non-hydrogen) atoms. The molecule has 3 nitrogen and oxygen atoms in total. The SMILES string of the molecule is C(/C=C/c1cc(-c2ccc3c(c2)OCO3)nc2ccc3ccccc3c12)=C\c1ccccc1. The second-order valence-corrected chi connectivity index (χ2v) is 7.97. The molecule has 3 heteroatoms. The van der Waals surface area contributed by atoms with Crippen LogP contribution in [0.3, 0.4) is 0 Å². The van der Waals surface area contributed by atoms with E-state index in [9.17, 15) is 0 Å². The van der Waals surface area contributed by atoms with Crippen LogP contribution in [0.4, 0.5) is 0 Å². The number of rotatable bonds is 4. The van der Waals surface area contributed by atoms with Crippen LogP contribution in [0.1, 0.15) is 11.1 Å². The van der Waals surface area contributed by atoms with Gasteiger partial charge in [0.15, 0.2) is 11.5 Å². The molecule has 5 aromatic rings. The topological polar surface area (TPSA) is 31.4 Å². The Labute approximate surface area is 192 Å². The van der Waals surface area contributed by atoms with E-state index in [1.165, 1.54) is 16.3 Å². The highest BCUT2D eigenvalue weighted by molar-refractivity contribution is 6.10. The fourth-order valence-electron chi connectivity index (χ4n) is 4.26. The lowest BCUT2D eigenvalue weighted by atomic mass is 9.98. The van der Waals surface area contributed by atoms with Gasteiger partial charge in [-0.3, -0.25) is 0 Å². The number of nitrogens with zero attached hydrogens (tertiary/aromatic N) is 1. The van der Waals surface area contributed by atoms with Gasteiger partial charge in [-0.05, 0) is 52.2 Å². The van der Waals surface area contributed by atoms with E-state index >= 15 is 0 Å². The van der Waals surface area contributed by atoms with Crippen molar-refractivity contribution in [1.29, 1.82) is 0 Å². The van der Waals surface area contributed by atoms with Crippen LogP contribution in [0.2, 0.25) is 0 Å². The summed E-state index contributed by atoms with van der Waals surface area (Å²) in [5.74, 6) is 1.53.